The number of hydrogen-bond donors (Lipinski definition) is 5. The Balaban J connectivity index is 0. The molecule has 0 rings (SSSR count). The second-order valence-electron chi connectivity index (χ2n) is 4.28. The molecule has 0 aliphatic carbocycles. The summed E-state index contributed by atoms with van der Waals surface area (Å²) in [5.41, 5.74) is -0.389. The molecule has 0 saturated heterocycles. The van der Waals surface area contributed by atoms with Gasteiger partial charge in [0.15, 0.2) is 12.6 Å². The quantitative estimate of drug-likeness (QED) is 0.398. The van der Waals surface area contributed by atoms with E-state index in [1.54, 1.807) is 20.8 Å². The van der Waals surface area contributed by atoms with Crippen molar-refractivity contribution in [3.8, 4) is 0 Å². The van der Waals surface area contributed by atoms with Gasteiger partial charge in [0, 0.05) is 5.41 Å². The van der Waals surface area contributed by atoms with Crippen LogP contribution in [0.25, 0.3) is 0 Å². The summed E-state index contributed by atoms with van der Waals surface area (Å²) in [7, 11) is 0. The topological polar surface area (TPSA) is 118 Å². The molecule has 15 heavy (non-hydrogen) atoms. The van der Waals surface area contributed by atoms with Gasteiger partial charge in [0.05, 0.1) is 0 Å². The normalized spacial score (nSPS) is 13.5. The van der Waals surface area contributed by atoms with Gasteiger partial charge in [-0.25, -0.2) is 0 Å². The predicted molar refractivity (Wildman–Crippen MR) is 52.7 cm³/mol. The zero-order chi connectivity index (χ0) is 12.8. The van der Waals surface area contributed by atoms with Gasteiger partial charge in [-0.15, -0.1) is 0 Å². The van der Waals surface area contributed by atoms with E-state index >= 15 is 0 Å². The Morgan fingerprint density at radius 3 is 1.33 bits per heavy atom. The lowest BCUT2D eigenvalue weighted by Gasteiger charge is -2.19. The maximum absolute atomic E-state index is 9.82. The van der Waals surface area contributed by atoms with Crippen molar-refractivity contribution in [2.24, 2.45) is 11.3 Å². The van der Waals surface area contributed by atoms with Crippen molar-refractivity contribution in [3.63, 3.8) is 0 Å². The highest BCUT2D eigenvalue weighted by atomic mass is 16.5. The Labute approximate surface area is 88.8 Å². The van der Waals surface area contributed by atoms with Gasteiger partial charge in [0.2, 0.25) is 0 Å². The average Bonchev–Trinajstić information content (AvgIpc) is 2.01. The summed E-state index contributed by atoms with van der Waals surface area (Å²) in [5, 5.41) is 41.3. The maximum Gasteiger partial charge on any atom is 0.311 e. The molecule has 1 unspecified atom stereocenters. The van der Waals surface area contributed by atoms with Crippen LogP contribution in [0.3, 0.4) is 0 Å². The van der Waals surface area contributed by atoms with Crippen LogP contribution in [0.15, 0.2) is 0 Å². The zero-order valence-electron chi connectivity index (χ0n) is 9.38. The average molecular weight is 224 g/mol. The smallest absolute Gasteiger partial charge is 0.311 e. The summed E-state index contributed by atoms with van der Waals surface area (Å²) in [6.45, 7) is 6.50. The van der Waals surface area contributed by atoms with Crippen molar-refractivity contribution in [3.05, 3.63) is 0 Å². The first-order valence-electron chi connectivity index (χ1n) is 4.45. The van der Waals surface area contributed by atoms with Gasteiger partial charge in [0.25, 0.3) is 0 Å². The first kappa shape index (κ1) is 16.7. The first-order valence-corrected chi connectivity index (χ1v) is 4.45. The second-order valence-corrected chi connectivity index (χ2v) is 4.28. The standard InChI is InChI=1S/C5H12O2.C4H8O4/c1-5(2,3)4(6)7;1-2(3(5)6)4(7)8/h4,6-7H,1-3H3;2-3,5-6H,1H3,(H,7,8). The molecule has 0 fully saturated rings. The third kappa shape index (κ3) is 9.61. The van der Waals surface area contributed by atoms with Crippen molar-refractivity contribution < 1.29 is 30.3 Å². The lowest BCUT2D eigenvalue weighted by molar-refractivity contribution is -0.156. The molecule has 0 spiro atoms. The van der Waals surface area contributed by atoms with Crippen LogP contribution in [0.1, 0.15) is 27.7 Å². The van der Waals surface area contributed by atoms with Crippen LogP contribution in [0, 0.1) is 11.3 Å². The Morgan fingerprint density at radius 2 is 1.33 bits per heavy atom. The number of rotatable bonds is 2. The molecule has 0 aromatic carbocycles. The number of aliphatic hydroxyl groups excluding tert-OH is 2. The minimum atomic E-state index is -1.76. The van der Waals surface area contributed by atoms with Gasteiger partial charge in [-0.05, 0) is 6.92 Å². The Morgan fingerprint density at radius 1 is 1.07 bits per heavy atom. The van der Waals surface area contributed by atoms with Gasteiger partial charge in [0.1, 0.15) is 5.92 Å². The predicted octanol–water partition coefficient (Wildman–Crippen LogP) is -0.639. The molecule has 0 saturated carbocycles. The van der Waals surface area contributed by atoms with Crippen LogP contribution in [0.2, 0.25) is 0 Å². The zero-order valence-corrected chi connectivity index (χ0v) is 9.38. The lowest BCUT2D eigenvalue weighted by Crippen LogP contribution is -2.24. The second kappa shape index (κ2) is 6.73. The summed E-state index contributed by atoms with van der Waals surface area (Å²) in [6, 6.07) is 0. The molecule has 0 aromatic heterocycles. The number of aliphatic carboxylic acids is 1. The summed E-state index contributed by atoms with van der Waals surface area (Å²) in [6.07, 6.45) is -2.96. The minimum Gasteiger partial charge on any atom is -0.481 e. The van der Waals surface area contributed by atoms with Crippen molar-refractivity contribution >= 4 is 5.97 Å². The molecule has 0 radical (unpaired) electrons. The number of carbonyl (C=O) groups is 1. The monoisotopic (exact) mass is 224 g/mol. The number of carboxylic acid groups (broad SMARTS) is 1. The van der Waals surface area contributed by atoms with Crippen LogP contribution in [0.5, 0.6) is 0 Å². The van der Waals surface area contributed by atoms with Crippen LogP contribution in [-0.4, -0.2) is 44.1 Å². The molecule has 6 heteroatoms. The largest absolute Gasteiger partial charge is 0.481 e. The summed E-state index contributed by atoms with van der Waals surface area (Å²) < 4.78 is 0. The molecular weight excluding hydrogens is 204 g/mol. The number of aliphatic hydroxyl groups is 4. The molecule has 0 amide bonds. The van der Waals surface area contributed by atoms with Crippen LogP contribution >= 0.6 is 0 Å². The molecule has 6 nitrogen and oxygen atoms in total. The number of carboxylic acids is 1. The van der Waals surface area contributed by atoms with Gasteiger partial charge in [-0.3, -0.25) is 4.79 Å². The fourth-order valence-electron chi connectivity index (χ4n) is 0.128. The Kier molecular flexibility index (Phi) is 7.51. The third-order valence-electron chi connectivity index (χ3n) is 1.61. The van der Waals surface area contributed by atoms with E-state index in [0.29, 0.717) is 0 Å². The Hall–Kier alpha value is -0.690. The highest BCUT2D eigenvalue weighted by Gasteiger charge is 2.18. The van der Waals surface area contributed by atoms with Gasteiger partial charge in [-0.1, -0.05) is 20.8 Å². The molecule has 1 atom stereocenters. The van der Waals surface area contributed by atoms with Crippen molar-refractivity contribution in [1.82, 2.24) is 0 Å². The number of hydrogen-bond acceptors (Lipinski definition) is 5. The maximum atomic E-state index is 9.82. The van der Waals surface area contributed by atoms with Crippen LogP contribution in [0.4, 0.5) is 0 Å². The van der Waals surface area contributed by atoms with Crippen molar-refractivity contribution in [2.75, 3.05) is 0 Å². The van der Waals surface area contributed by atoms with E-state index in [1.165, 1.54) is 6.92 Å². The molecular formula is C9H20O6. The lowest BCUT2D eigenvalue weighted by atomic mass is 9.96. The van der Waals surface area contributed by atoms with Crippen molar-refractivity contribution in [1.29, 1.82) is 0 Å². The van der Waals surface area contributed by atoms with Gasteiger partial charge >= 0.3 is 5.97 Å². The molecule has 0 aliphatic rings. The van der Waals surface area contributed by atoms with Gasteiger partial charge in [-0.2, -0.15) is 0 Å². The highest BCUT2D eigenvalue weighted by Crippen LogP contribution is 2.15. The van der Waals surface area contributed by atoms with Crippen LogP contribution in [-0.2, 0) is 4.79 Å². The van der Waals surface area contributed by atoms with E-state index in [1.807, 2.05) is 0 Å². The van der Waals surface area contributed by atoms with E-state index < -0.39 is 24.5 Å². The fraction of sp³-hybridized carbons (Fsp3) is 0.889. The molecule has 0 aromatic rings. The summed E-state index contributed by atoms with van der Waals surface area (Å²) in [4.78, 5) is 9.82. The molecule has 0 heterocycles. The van der Waals surface area contributed by atoms with E-state index in [0.717, 1.165) is 0 Å². The summed E-state index contributed by atoms with van der Waals surface area (Å²) >= 11 is 0. The molecule has 5 N–H and O–H groups in total. The van der Waals surface area contributed by atoms with Crippen LogP contribution < -0.4 is 0 Å². The molecule has 0 aliphatic heterocycles. The van der Waals surface area contributed by atoms with Crippen molar-refractivity contribution in [2.45, 2.75) is 40.3 Å². The van der Waals surface area contributed by atoms with Gasteiger partial charge < -0.3 is 25.5 Å². The minimum absolute atomic E-state index is 0.389. The Bertz CT molecular complexity index is 182. The van der Waals surface area contributed by atoms with E-state index in [2.05, 4.69) is 0 Å². The first-order chi connectivity index (χ1) is 6.50. The third-order valence-corrected chi connectivity index (χ3v) is 1.61. The fourth-order valence-corrected chi connectivity index (χ4v) is 0.128. The molecule has 92 valence electrons. The SMILES string of the molecule is CC(C(=O)O)C(O)O.CC(C)(C)C(O)O. The highest BCUT2D eigenvalue weighted by molar-refractivity contribution is 5.69. The van der Waals surface area contributed by atoms with E-state index in [9.17, 15) is 4.79 Å². The summed E-state index contributed by atoms with van der Waals surface area (Å²) in [5.74, 6) is -2.31. The van der Waals surface area contributed by atoms with E-state index in [-0.39, 0.29) is 5.41 Å². The van der Waals surface area contributed by atoms with E-state index in [4.69, 9.17) is 25.5 Å². The molecule has 0 bridgehead atoms.